The number of nitrogens with one attached hydrogen (secondary N) is 1. The fourth-order valence-corrected chi connectivity index (χ4v) is 2.64. The van der Waals surface area contributed by atoms with Gasteiger partial charge in [0, 0.05) is 24.4 Å². The summed E-state index contributed by atoms with van der Waals surface area (Å²) < 4.78 is 5.83. The van der Waals surface area contributed by atoms with E-state index in [0.29, 0.717) is 12.5 Å². The van der Waals surface area contributed by atoms with Crippen molar-refractivity contribution in [2.75, 3.05) is 18.5 Å². The summed E-state index contributed by atoms with van der Waals surface area (Å²) in [6.07, 6.45) is 3.35. The smallest absolute Gasteiger partial charge is 0.160 e. The van der Waals surface area contributed by atoms with E-state index in [0.717, 1.165) is 31.0 Å². The molecule has 4 heteroatoms. The number of hydrogen-bond acceptors (Lipinski definition) is 4. The average molecular weight is 263 g/mol. The first-order valence-electron chi connectivity index (χ1n) is 7.42. The van der Waals surface area contributed by atoms with Crippen molar-refractivity contribution < 1.29 is 4.74 Å². The molecule has 0 radical (unpaired) electrons. The van der Waals surface area contributed by atoms with E-state index in [4.69, 9.17) is 14.7 Å². The van der Waals surface area contributed by atoms with Crippen LogP contribution in [-0.2, 0) is 17.6 Å². The fraction of sp³-hybridized carbons (Fsp3) is 0.733. The van der Waals surface area contributed by atoms with Crippen molar-refractivity contribution in [1.29, 1.82) is 0 Å². The van der Waals surface area contributed by atoms with Gasteiger partial charge in [0.05, 0.1) is 0 Å². The van der Waals surface area contributed by atoms with Gasteiger partial charge in [0.2, 0.25) is 0 Å². The predicted octanol–water partition coefficient (Wildman–Crippen LogP) is 3.13. The van der Waals surface area contributed by atoms with Gasteiger partial charge in [-0.05, 0) is 39.0 Å². The van der Waals surface area contributed by atoms with E-state index in [9.17, 15) is 0 Å². The molecular formula is C15H25N3O. The van der Waals surface area contributed by atoms with Gasteiger partial charge in [0.15, 0.2) is 5.82 Å². The maximum absolute atomic E-state index is 5.83. The van der Waals surface area contributed by atoms with E-state index in [2.05, 4.69) is 26.1 Å². The summed E-state index contributed by atoms with van der Waals surface area (Å²) in [7, 11) is 0. The molecule has 1 unspecified atom stereocenters. The second-order valence-corrected chi connectivity index (χ2v) is 5.36. The first kappa shape index (κ1) is 14.3. The molecular weight excluding hydrogens is 238 g/mol. The minimum atomic E-state index is -0.00620. The summed E-state index contributed by atoms with van der Waals surface area (Å²) >= 11 is 0. The first-order chi connectivity index (χ1) is 9.17. The molecule has 106 valence electrons. The lowest BCUT2D eigenvalue weighted by Gasteiger charge is -2.21. The molecule has 19 heavy (non-hydrogen) atoms. The lowest BCUT2D eigenvalue weighted by atomic mass is 10.1. The van der Waals surface area contributed by atoms with Gasteiger partial charge in [-0.15, -0.1) is 0 Å². The van der Waals surface area contributed by atoms with Gasteiger partial charge in [-0.25, -0.2) is 9.97 Å². The Morgan fingerprint density at radius 3 is 2.63 bits per heavy atom. The van der Waals surface area contributed by atoms with Gasteiger partial charge >= 0.3 is 0 Å². The van der Waals surface area contributed by atoms with Crippen LogP contribution in [0.2, 0.25) is 0 Å². The highest BCUT2D eigenvalue weighted by atomic mass is 16.5. The van der Waals surface area contributed by atoms with Gasteiger partial charge in [0.1, 0.15) is 11.9 Å². The lowest BCUT2D eigenvalue weighted by molar-refractivity contribution is 0.0231. The van der Waals surface area contributed by atoms with Gasteiger partial charge in [-0.3, -0.25) is 0 Å². The minimum Gasteiger partial charge on any atom is -0.370 e. The highest BCUT2D eigenvalue weighted by molar-refractivity contribution is 5.48. The number of rotatable bonds is 6. The Hall–Kier alpha value is -1.16. The molecule has 1 aliphatic rings. The zero-order chi connectivity index (χ0) is 13.8. The molecule has 0 amide bonds. The van der Waals surface area contributed by atoms with Crippen LogP contribution in [0.4, 0.5) is 5.82 Å². The Balaban J connectivity index is 2.37. The summed E-state index contributed by atoms with van der Waals surface area (Å²) in [6, 6.07) is 0. The number of anilines is 1. The molecule has 0 spiro atoms. The maximum atomic E-state index is 5.83. The van der Waals surface area contributed by atoms with E-state index >= 15 is 0 Å². The molecule has 1 aromatic rings. The Kier molecular flexibility index (Phi) is 4.75. The number of aryl methyl sites for hydroxylation is 1. The van der Waals surface area contributed by atoms with Crippen LogP contribution in [0, 0.1) is 5.92 Å². The SMILES string of the molecule is CCNc1nc(C(OCC)C(C)C)nc2c1CCC2. The molecule has 1 aliphatic carbocycles. The summed E-state index contributed by atoms with van der Waals surface area (Å²) in [5.74, 6) is 2.24. The van der Waals surface area contributed by atoms with Crippen LogP contribution in [0.25, 0.3) is 0 Å². The van der Waals surface area contributed by atoms with Crippen LogP contribution in [0.5, 0.6) is 0 Å². The maximum Gasteiger partial charge on any atom is 0.160 e. The van der Waals surface area contributed by atoms with Crippen molar-refractivity contribution >= 4 is 5.82 Å². The second-order valence-electron chi connectivity index (χ2n) is 5.36. The van der Waals surface area contributed by atoms with Gasteiger partial charge in [-0.1, -0.05) is 13.8 Å². The molecule has 0 saturated heterocycles. The third-order valence-corrected chi connectivity index (χ3v) is 3.50. The Morgan fingerprint density at radius 2 is 2.00 bits per heavy atom. The highest BCUT2D eigenvalue weighted by Gasteiger charge is 2.24. The molecule has 4 nitrogen and oxygen atoms in total. The number of fused-ring (bicyclic) bond motifs is 1. The molecule has 0 aromatic carbocycles. The molecule has 0 bridgehead atoms. The molecule has 1 N–H and O–H groups in total. The summed E-state index contributed by atoms with van der Waals surface area (Å²) in [5, 5.41) is 3.38. The normalized spacial score (nSPS) is 15.6. The van der Waals surface area contributed by atoms with Crippen molar-refractivity contribution in [3.8, 4) is 0 Å². The topological polar surface area (TPSA) is 47.0 Å². The third kappa shape index (κ3) is 3.06. The van der Waals surface area contributed by atoms with Crippen molar-refractivity contribution in [2.45, 2.75) is 53.1 Å². The molecule has 2 rings (SSSR count). The number of aromatic nitrogens is 2. The average Bonchev–Trinajstić information content (AvgIpc) is 2.84. The molecule has 1 atom stereocenters. The third-order valence-electron chi connectivity index (χ3n) is 3.50. The molecule has 1 heterocycles. The van der Waals surface area contributed by atoms with Crippen LogP contribution >= 0.6 is 0 Å². The summed E-state index contributed by atoms with van der Waals surface area (Å²) in [6.45, 7) is 10.0. The lowest BCUT2D eigenvalue weighted by Crippen LogP contribution is -2.17. The van der Waals surface area contributed by atoms with E-state index in [1.165, 1.54) is 17.7 Å². The highest BCUT2D eigenvalue weighted by Crippen LogP contribution is 2.30. The monoisotopic (exact) mass is 263 g/mol. The fourth-order valence-electron chi connectivity index (χ4n) is 2.64. The van der Waals surface area contributed by atoms with Crippen LogP contribution in [0.1, 0.15) is 57.3 Å². The van der Waals surface area contributed by atoms with Crippen LogP contribution < -0.4 is 5.32 Å². The Morgan fingerprint density at radius 1 is 1.21 bits per heavy atom. The minimum absolute atomic E-state index is 0.00620. The Labute approximate surface area is 116 Å². The van der Waals surface area contributed by atoms with Gasteiger partial charge < -0.3 is 10.1 Å². The van der Waals surface area contributed by atoms with Crippen molar-refractivity contribution in [2.24, 2.45) is 5.92 Å². The number of hydrogen-bond donors (Lipinski definition) is 1. The quantitative estimate of drug-likeness (QED) is 0.856. The van der Waals surface area contributed by atoms with Crippen molar-refractivity contribution in [3.63, 3.8) is 0 Å². The zero-order valence-corrected chi connectivity index (χ0v) is 12.5. The zero-order valence-electron chi connectivity index (χ0n) is 12.5. The molecule has 1 aromatic heterocycles. The van der Waals surface area contributed by atoms with E-state index in [-0.39, 0.29) is 6.10 Å². The summed E-state index contributed by atoms with van der Waals surface area (Å²) in [4.78, 5) is 9.49. The van der Waals surface area contributed by atoms with Gasteiger partial charge in [-0.2, -0.15) is 0 Å². The van der Waals surface area contributed by atoms with E-state index in [1.54, 1.807) is 0 Å². The summed E-state index contributed by atoms with van der Waals surface area (Å²) in [5.41, 5.74) is 2.52. The molecule has 0 fully saturated rings. The Bertz CT molecular complexity index is 432. The van der Waals surface area contributed by atoms with E-state index in [1.807, 2.05) is 6.92 Å². The largest absolute Gasteiger partial charge is 0.370 e. The predicted molar refractivity (Wildman–Crippen MR) is 77.4 cm³/mol. The number of nitrogens with zero attached hydrogens (tertiary/aromatic N) is 2. The van der Waals surface area contributed by atoms with E-state index < -0.39 is 0 Å². The number of ether oxygens (including phenoxy) is 1. The van der Waals surface area contributed by atoms with Crippen molar-refractivity contribution in [3.05, 3.63) is 17.1 Å². The second kappa shape index (κ2) is 6.33. The molecule has 0 aliphatic heterocycles. The van der Waals surface area contributed by atoms with Crippen LogP contribution in [0.3, 0.4) is 0 Å². The van der Waals surface area contributed by atoms with Crippen LogP contribution in [0.15, 0.2) is 0 Å². The van der Waals surface area contributed by atoms with Gasteiger partial charge in [0.25, 0.3) is 0 Å². The standard InChI is InChI=1S/C15H25N3O/c1-5-16-14-11-8-7-9-12(11)17-15(18-14)13(10(3)4)19-6-2/h10,13H,5-9H2,1-4H3,(H,16,17,18). The first-order valence-corrected chi connectivity index (χ1v) is 7.42. The van der Waals surface area contributed by atoms with Crippen molar-refractivity contribution in [1.82, 2.24) is 9.97 Å². The molecule has 0 saturated carbocycles. The van der Waals surface area contributed by atoms with Crippen LogP contribution in [-0.4, -0.2) is 23.1 Å².